The Morgan fingerprint density at radius 3 is 2.62 bits per heavy atom. The van der Waals surface area contributed by atoms with Gasteiger partial charge in [0, 0.05) is 30.1 Å². The third-order valence-corrected chi connectivity index (χ3v) is 4.66. The molecule has 136 valence electrons. The van der Waals surface area contributed by atoms with Crippen LogP contribution < -0.4 is 5.32 Å². The van der Waals surface area contributed by atoms with Crippen LogP contribution in [-0.2, 0) is 13.0 Å². The Balaban J connectivity index is 1.68. The Bertz CT molecular complexity index is 884. The monoisotopic (exact) mass is 369 g/mol. The Morgan fingerprint density at radius 1 is 1.15 bits per heavy atom. The fourth-order valence-electron chi connectivity index (χ4n) is 2.94. The SMILES string of the molecule is CC(C)CCn1c(CCNC(=O)c2ccc(Cl)cc2)nc2ccccc21. The summed E-state index contributed by atoms with van der Waals surface area (Å²) in [4.78, 5) is 17.0. The van der Waals surface area contributed by atoms with Gasteiger partial charge in [0.2, 0.25) is 0 Å². The quantitative estimate of drug-likeness (QED) is 0.655. The molecule has 0 saturated heterocycles. The first-order chi connectivity index (χ1) is 12.5. The number of halogens is 1. The highest BCUT2D eigenvalue weighted by Gasteiger charge is 2.12. The van der Waals surface area contributed by atoms with E-state index in [1.165, 1.54) is 0 Å². The summed E-state index contributed by atoms with van der Waals surface area (Å²) in [7, 11) is 0. The van der Waals surface area contributed by atoms with Gasteiger partial charge in [-0.1, -0.05) is 37.6 Å². The molecule has 0 bridgehead atoms. The summed E-state index contributed by atoms with van der Waals surface area (Å²) in [5.41, 5.74) is 2.78. The van der Waals surface area contributed by atoms with Gasteiger partial charge < -0.3 is 9.88 Å². The minimum atomic E-state index is -0.0912. The molecule has 3 aromatic rings. The van der Waals surface area contributed by atoms with E-state index in [2.05, 4.69) is 29.8 Å². The molecule has 0 aliphatic heterocycles. The van der Waals surface area contributed by atoms with Crippen LogP contribution in [0.1, 0.15) is 36.5 Å². The zero-order valence-electron chi connectivity index (χ0n) is 15.2. The number of nitrogens with one attached hydrogen (secondary N) is 1. The van der Waals surface area contributed by atoms with E-state index < -0.39 is 0 Å². The van der Waals surface area contributed by atoms with Gasteiger partial charge in [-0.25, -0.2) is 4.98 Å². The number of fused-ring (bicyclic) bond motifs is 1. The van der Waals surface area contributed by atoms with Gasteiger partial charge in [-0.15, -0.1) is 0 Å². The highest BCUT2D eigenvalue weighted by Crippen LogP contribution is 2.18. The van der Waals surface area contributed by atoms with Crippen molar-refractivity contribution in [1.29, 1.82) is 0 Å². The van der Waals surface area contributed by atoms with Gasteiger partial charge in [-0.3, -0.25) is 4.79 Å². The molecule has 1 N–H and O–H groups in total. The molecule has 26 heavy (non-hydrogen) atoms. The molecule has 0 aliphatic rings. The largest absolute Gasteiger partial charge is 0.352 e. The van der Waals surface area contributed by atoms with Crippen LogP contribution in [0.5, 0.6) is 0 Å². The number of hydrogen-bond donors (Lipinski definition) is 1. The summed E-state index contributed by atoms with van der Waals surface area (Å²) in [6, 6.07) is 15.1. The molecule has 0 unspecified atom stereocenters. The van der Waals surface area contributed by atoms with E-state index in [9.17, 15) is 4.79 Å². The first kappa shape index (κ1) is 18.5. The Labute approximate surface area is 159 Å². The van der Waals surface area contributed by atoms with Gasteiger partial charge in [0.05, 0.1) is 11.0 Å². The Hall–Kier alpha value is -2.33. The van der Waals surface area contributed by atoms with Crippen molar-refractivity contribution >= 4 is 28.5 Å². The number of benzene rings is 2. The number of rotatable bonds is 7. The van der Waals surface area contributed by atoms with Crippen molar-refractivity contribution in [2.75, 3.05) is 6.54 Å². The van der Waals surface area contributed by atoms with Crippen LogP contribution >= 0.6 is 11.6 Å². The fourth-order valence-corrected chi connectivity index (χ4v) is 3.07. The van der Waals surface area contributed by atoms with Gasteiger partial charge in [-0.2, -0.15) is 0 Å². The molecule has 5 heteroatoms. The van der Waals surface area contributed by atoms with Crippen molar-refractivity contribution < 1.29 is 4.79 Å². The molecule has 0 spiro atoms. The molecular formula is C21H24ClN3O. The van der Waals surface area contributed by atoms with E-state index in [0.29, 0.717) is 29.5 Å². The third-order valence-electron chi connectivity index (χ3n) is 4.40. The average molecular weight is 370 g/mol. The maximum Gasteiger partial charge on any atom is 0.251 e. The Morgan fingerprint density at radius 2 is 1.88 bits per heavy atom. The van der Waals surface area contributed by atoms with Gasteiger partial charge in [0.25, 0.3) is 5.91 Å². The number of aromatic nitrogens is 2. The lowest BCUT2D eigenvalue weighted by atomic mass is 10.1. The summed E-state index contributed by atoms with van der Waals surface area (Å²) in [6.07, 6.45) is 1.80. The summed E-state index contributed by atoms with van der Waals surface area (Å²) < 4.78 is 2.28. The van der Waals surface area contributed by atoms with Crippen LogP contribution in [0.2, 0.25) is 5.02 Å². The second-order valence-corrected chi connectivity index (χ2v) is 7.30. The molecule has 4 nitrogen and oxygen atoms in total. The highest BCUT2D eigenvalue weighted by atomic mass is 35.5. The van der Waals surface area contributed by atoms with Crippen molar-refractivity contribution in [1.82, 2.24) is 14.9 Å². The van der Waals surface area contributed by atoms with Crippen LogP contribution in [0, 0.1) is 5.92 Å². The highest BCUT2D eigenvalue weighted by molar-refractivity contribution is 6.30. The minimum Gasteiger partial charge on any atom is -0.352 e. The van der Waals surface area contributed by atoms with Crippen molar-refractivity contribution in [2.24, 2.45) is 5.92 Å². The number of imidazole rings is 1. The predicted molar refractivity (Wildman–Crippen MR) is 107 cm³/mol. The number of carbonyl (C=O) groups is 1. The normalized spacial score (nSPS) is 11.2. The molecule has 0 saturated carbocycles. The Kier molecular flexibility index (Phi) is 5.94. The molecule has 1 heterocycles. The van der Waals surface area contributed by atoms with Crippen LogP contribution in [-0.4, -0.2) is 22.0 Å². The molecule has 2 aromatic carbocycles. The molecule has 0 aliphatic carbocycles. The van der Waals surface area contributed by atoms with E-state index in [0.717, 1.165) is 29.8 Å². The molecule has 0 fully saturated rings. The maximum atomic E-state index is 12.2. The lowest BCUT2D eigenvalue weighted by molar-refractivity contribution is 0.0954. The van der Waals surface area contributed by atoms with Crippen molar-refractivity contribution in [3.05, 3.63) is 64.9 Å². The van der Waals surface area contributed by atoms with E-state index >= 15 is 0 Å². The lowest BCUT2D eigenvalue weighted by Crippen LogP contribution is -2.26. The predicted octanol–water partition coefficient (Wildman–Crippen LogP) is 4.71. The van der Waals surface area contributed by atoms with Crippen molar-refractivity contribution in [3.63, 3.8) is 0 Å². The van der Waals surface area contributed by atoms with Gasteiger partial charge in [0.15, 0.2) is 0 Å². The van der Waals surface area contributed by atoms with E-state index in [1.54, 1.807) is 24.3 Å². The molecular weight excluding hydrogens is 346 g/mol. The smallest absolute Gasteiger partial charge is 0.251 e. The summed E-state index contributed by atoms with van der Waals surface area (Å²) in [5, 5.41) is 3.59. The topological polar surface area (TPSA) is 46.9 Å². The number of carbonyl (C=O) groups excluding carboxylic acids is 1. The molecule has 3 rings (SSSR count). The zero-order chi connectivity index (χ0) is 18.5. The van der Waals surface area contributed by atoms with E-state index in [1.807, 2.05) is 18.2 Å². The van der Waals surface area contributed by atoms with E-state index in [-0.39, 0.29) is 5.91 Å². The number of hydrogen-bond acceptors (Lipinski definition) is 2. The lowest BCUT2D eigenvalue weighted by Gasteiger charge is -2.11. The van der Waals surface area contributed by atoms with Crippen LogP contribution in [0.25, 0.3) is 11.0 Å². The van der Waals surface area contributed by atoms with Gasteiger partial charge in [0.1, 0.15) is 5.82 Å². The molecule has 1 amide bonds. The zero-order valence-corrected chi connectivity index (χ0v) is 16.0. The number of nitrogens with zero attached hydrogens (tertiary/aromatic N) is 2. The first-order valence-electron chi connectivity index (χ1n) is 9.02. The summed E-state index contributed by atoms with van der Waals surface area (Å²) >= 11 is 5.87. The van der Waals surface area contributed by atoms with Crippen LogP contribution in [0.4, 0.5) is 0 Å². The maximum absolute atomic E-state index is 12.2. The molecule has 0 atom stereocenters. The van der Waals surface area contributed by atoms with Gasteiger partial charge >= 0.3 is 0 Å². The number of para-hydroxylation sites is 2. The summed E-state index contributed by atoms with van der Waals surface area (Å²) in [5.74, 6) is 1.56. The second-order valence-electron chi connectivity index (χ2n) is 6.86. The van der Waals surface area contributed by atoms with Gasteiger partial charge in [-0.05, 0) is 48.7 Å². The molecule has 0 radical (unpaired) electrons. The second kappa shape index (κ2) is 8.37. The van der Waals surface area contributed by atoms with Crippen molar-refractivity contribution in [3.8, 4) is 0 Å². The fraction of sp³-hybridized carbons (Fsp3) is 0.333. The minimum absolute atomic E-state index is 0.0912. The standard InChI is InChI=1S/C21H24ClN3O/c1-15(2)12-14-25-19-6-4-3-5-18(19)24-20(25)11-13-23-21(26)16-7-9-17(22)10-8-16/h3-10,15H,11-14H2,1-2H3,(H,23,26). The van der Waals surface area contributed by atoms with E-state index in [4.69, 9.17) is 16.6 Å². The first-order valence-corrected chi connectivity index (χ1v) is 9.40. The molecule has 1 aromatic heterocycles. The average Bonchev–Trinajstić information content (AvgIpc) is 2.98. The summed E-state index contributed by atoms with van der Waals surface area (Å²) in [6.45, 7) is 5.95. The number of aryl methyl sites for hydroxylation is 1. The van der Waals surface area contributed by atoms with Crippen molar-refractivity contribution in [2.45, 2.75) is 33.2 Å². The third kappa shape index (κ3) is 4.44. The number of amides is 1. The van der Waals surface area contributed by atoms with Crippen LogP contribution in [0.15, 0.2) is 48.5 Å². The van der Waals surface area contributed by atoms with Crippen LogP contribution in [0.3, 0.4) is 0 Å².